The summed E-state index contributed by atoms with van der Waals surface area (Å²) in [6, 6.07) is 35.2. The molecule has 1 saturated heterocycles. The minimum absolute atomic E-state index is 0.0151. The van der Waals surface area contributed by atoms with Crippen molar-refractivity contribution in [2.75, 3.05) is 44.6 Å². The predicted molar refractivity (Wildman–Crippen MR) is 252 cm³/mol. The van der Waals surface area contributed by atoms with E-state index in [2.05, 4.69) is 65.8 Å². The maximum Gasteiger partial charge on any atom is 0.411 e. The second-order valence-electron chi connectivity index (χ2n) is 17.8. The number of hydrogen-bond acceptors (Lipinski definition) is 8. The van der Waals surface area contributed by atoms with Crippen molar-refractivity contribution in [3.05, 3.63) is 131 Å². The lowest BCUT2D eigenvalue weighted by Crippen LogP contribution is -2.43. The summed E-state index contributed by atoms with van der Waals surface area (Å²) in [7, 11) is -2.18. The van der Waals surface area contributed by atoms with Crippen molar-refractivity contribution in [1.82, 2.24) is 20.5 Å². The van der Waals surface area contributed by atoms with Gasteiger partial charge in [0.25, 0.3) is 0 Å². The number of carbonyl (C=O) groups excluding carboxylic acids is 2. The monoisotopic (exact) mass is 859 g/mol. The van der Waals surface area contributed by atoms with Crippen LogP contribution in [0.3, 0.4) is 0 Å². The predicted octanol–water partition coefficient (Wildman–Crippen LogP) is 9.82. The fourth-order valence-electron chi connectivity index (χ4n) is 7.50. The van der Waals surface area contributed by atoms with Crippen molar-refractivity contribution in [3.8, 4) is 16.9 Å². The number of fused-ring (bicyclic) bond motifs is 1. The van der Waals surface area contributed by atoms with Crippen molar-refractivity contribution < 1.29 is 23.5 Å². The molecule has 0 aliphatic carbocycles. The van der Waals surface area contributed by atoms with E-state index in [4.69, 9.17) is 13.9 Å². The number of pyridine rings is 1. The molecule has 1 atom stereocenters. The Morgan fingerprint density at radius 1 is 0.839 bits per heavy atom. The van der Waals surface area contributed by atoms with Crippen molar-refractivity contribution in [2.45, 2.75) is 96.2 Å². The number of piperidine rings is 1. The summed E-state index contributed by atoms with van der Waals surface area (Å²) in [4.78, 5) is 43.3. The average molecular weight is 860 g/mol. The van der Waals surface area contributed by atoms with Gasteiger partial charge in [-0.3, -0.25) is 14.9 Å². The van der Waals surface area contributed by atoms with Gasteiger partial charge in [0.2, 0.25) is 11.5 Å². The number of benzene rings is 4. The maximum atomic E-state index is 12.8. The molecule has 0 spiro atoms. The number of aromatic nitrogens is 1. The van der Waals surface area contributed by atoms with E-state index in [-0.39, 0.29) is 28.7 Å². The highest BCUT2D eigenvalue weighted by Gasteiger charge is 2.40. The molecule has 11 nitrogen and oxygen atoms in total. The Balaban J connectivity index is 0.895. The number of carbonyl (C=O) groups is 2. The van der Waals surface area contributed by atoms with Crippen LogP contribution in [0.2, 0.25) is 18.1 Å². The number of aromatic amines is 1. The van der Waals surface area contributed by atoms with Crippen molar-refractivity contribution in [1.29, 1.82) is 0 Å². The lowest BCUT2D eigenvalue weighted by Gasteiger charge is -2.39. The zero-order valence-electron chi connectivity index (χ0n) is 37.1. The first-order valence-corrected chi connectivity index (χ1v) is 25.1. The van der Waals surface area contributed by atoms with E-state index in [1.165, 1.54) is 0 Å². The molecule has 330 valence electrons. The first-order valence-electron chi connectivity index (χ1n) is 22.2. The first kappa shape index (κ1) is 46.2. The van der Waals surface area contributed by atoms with E-state index in [0.717, 1.165) is 85.1 Å². The van der Waals surface area contributed by atoms with E-state index in [9.17, 15) is 14.4 Å². The van der Waals surface area contributed by atoms with Gasteiger partial charge in [0.1, 0.15) is 18.5 Å². The van der Waals surface area contributed by atoms with Crippen LogP contribution in [0, 0.1) is 0 Å². The van der Waals surface area contributed by atoms with Crippen LogP contribution in [-0.4, -0.2) is 75.6 Å². The number of nitrogens with one attached hydrogen (secondary N) is 4. The van der Waals surface area contributed by atoms with E-state index < -0.39 is 14.4 Å². The lowest BCUT2D eigenvalue weighted by atomic mass is 10.0. The van der Waals surface area contributed by atoms with Gasteiger partial charge >= 0.3 is 6.09 Å². The summed E-state index contributed by atoms with van der Waals surface area (Å²) in [5, 5.41) is 10.6. The highest BCUT2D eigenvalue weighted by Crippen LogP contribution is 2.41. The fraction of sp³-hybridized carbons (Fsp3) is 0.420. The van der Waals surface area contributed by atoms with Crippen LogP contribution in [0.5, 0.6) is 5.75 Å². The minimum atomic E-state index is -2.18. The average Bonchev–Trinajstić information content (AvgIpc) is 3.26. The van der Waals surface area contributed by atoms with Crippen LogP contribution in [0.4, 0.5) is 10.5 Å². The zero-order valence-corrected chi connectivity index (χ0v) is 38.1. The summed E-state index contributed by atoms with van der Waals surface area (Å²) in [5.74, 6) is 0.695. The highest BCUT2D eigenvalue weighted by atomic mass is 28.4. The van der Waals surface area contributed by atoms with Gasteiger partial charge in [0, 0.05) is 56.2 Å². The van der Waals surface area contributed by atoms with Gasteiger partial charge in [-0.05, 0) is 85.2 Å². The molecule has 1 fully saturated rings. The smallest absolute Gasteiger partial charge is 0.411 e. The van der Waals surface area contributed by atoms with Gasteiger partial charge in [-0.25, -0.2) is 4.79 Å². The van der Waals surface area contributed by atoms with Crippen molar-refractivity contribution in [2.24, 2.45) is 0 Å². The largest absolute Gasteiger partial charge is 0.487 e. The van der Waals surface area contributed by atoms with Gasteiger partial charge in [0.15, 0.2) is 8.32 Å². The quantitative estimate of drug-likeness (QED) is 0.0449. The van der Waals surface area contributed by atoms with Crippen LogP contribution in [0.25, 0.3) is 22.0 Å². The molecule has 2 amide bonds. The Labute approximate surface area is 368 Å². The summed E-state index contributed by atoms with van der Waals surface area (Å²) in [5.41, 5.74) is 5.27. The number of amides is 2. The number of likely N-dealkylation sites (tertiary alicyclic amines) is 1. The van der Waals surface area contributed by atoms with Gasteiger partial charge < -0.3 is 34.4 Å². The molecule has 0 bridgehead atoms. The van der Waals surface area contributed by atoms with E-state index >= 15 is 0 Å². The highest BCUT2D eigenvalue weighted by molar-refractivity contribution is 6.74. The Hall–Kier alpha value is -5.27. The van der Waals surface area contributed by atoms with Gasteiger partial charge in [-0.1, -0.05) is 112 Å². The third-order valence-electron chi connectivity index (χ3n) is 12.1. The molecule has 4 aromatic carbocycles. The normalized spacial score (nSPS) is 14.3. The molecule has 5 aromatic rings. The molecule has 1 aliphatic heterocycles. The summed E-state index contributed by atoms with van der Waals surface area (Å²) in [6.45, 7) is 16.0. The van der Waals surface area contributed by atoms with E-state index in [0.29, 0.717) is 43.9 Å². The van der Waals surface area contributed by atoms with Crippen LogP contribution in [0.15, 0.2) is 114 Å². The third kappa shape index (κ3) is 13.4. The second kappa shape index (κ2) is 22.2. The van der Waals surface area contributed by atoms with Crippen LogP contribution in [-0.2, 0) is 20.6 Å². The number of hydrogen-bond donors (Lipinski definition) is 4. The Kier molecular flexibility index (Phi) is 16.5. The number of unbranched alkanes of at least 4 members (excludes halogenated alkanes) is 2. The van der Waals surface area contributed by atoms with E-state index in [1.54, 1.807) is 6.07 Å². The van der Waals surface area contributed by atoms with Crippen molar-refractivity contribution >= 4 is 36.9 Å². The molecular weight excluding hydrogens is 795 g/mol. The minimum Gasteiger partial charge on any atom is -0.487 e. The summed E-state index contributed by atoms with van der Waals surface area (Å²) >= 11 is 0. The number of nitrogens with zero attached hydrogens (tertiary/aromatic N) is 1. The maximum absolute atomic E-state index is 12.8. The van der Waals surface area contributed by atoms with Crippen LogP contribution < -0.4 is 26.2 Å². The molecule has 4 N–H and O–H groups in total. The fourth-order valence-corrected chi connectivity index (χ4v) is 8.77. The molecule has 2 heterocycles. The van der Waals surface area contributed by atoms with Crippen LogP contribution in [0.1, 0.15) is 76.5 Å². The Morgan fingerprint density at radius 3 is 2.27 bits per heavy atom. The number of anilines is 1. The molecular formula is C50H65N5O6Si. The molecule has 1 aliphatic rings. The Bertz CT molecular complexity index is 2250. The topological polar surface area (TPSA) is 134 Å². The number of rotatable bonds is 20. The number of ether oxygens (including phenoxy) is 2. The lowest BCUT2D eigenvalue weighted by molar-refractivity contribution is -0.121. The van der Waals surface area contributed by atoms with Gasteiger partial charge in [-0.15, -0.1) is 0 Å². The summed E-state index contributed by atoms with van der Waals surface area (Å²) in [6.07, 6.45) is 3.95. The number of para-hydroxylation sites is 1. The summed E-state index contributed by atoms with van der Waals surface area (Å²) < 4.78 is 19.1. The molecule has 0 radical (unpaired) electrons. The molecule has 0 unspecified atom stereocenters. The number of H-pyrrole nitrogens is 1. The molecule has 0 saturated carbocycles. The Morgan fingerprint density at radius 2 is 1.53 bits per heavy atom. The second-order valence-corrected chi connectivity index (χ2v) is 22.5. The first-order chi connectivity index (χ1) is 29.9. The molecule has 1 aromatic heterocycles. The standard InChI is InChI=1S/C50H65N5O6Si/c1-50(2,3)62(4,5)61-45(41-23-25-44(48-42(41)24-26-47(57)54-48)59-36-37-17-9-6-10-18-37)35-51-30-15-8-16-31-52-46(56)29-34-55-32-27-39(28-33-55)60-49(58)53-43-22-14-13-21-40(43)38-19-11-7-12-20-38/h6-7,9-14,17-26,39,45,51H,8,15-16,27-36H2,1-5H3,(H,52,56)(H,53,58)(H,54,57)/t45-/m0/s1. The molecule has 12 heteroatoms. The SMILES string of the molecule is CC(C)(C)[Si](C)(C)O[C@@H](CNCCCCCNC(=O)CCN1CCC(OC(=O)Nc2ccccc2-c2ccccc2)CC1)c1ccc(OCc2ccccc2)c2[nH]c(=O)ccc12. The van der Waals surface area contributed by atoms with Gasteiger partial charge in [0.05, 0.1) is 17.3 Å². The van der Waals surface area contributed by atoms with E-state index in [1.807, 2.05) is 97.1 Å². The third-order valence-corrected chi connectivity index (χ3v) is 16.6. The molecule has 62 heavy (non-hydrogen) atoms. The van der Waals surface area contributed by atoms with Crippen molar-refractivity contribution in [3.63, 3.8) is 0 Å². The molecule has 6 rings (SSSR count). The zero-order chi connectivity index (χ0) is 44.0. The van der Waals surface area contributed by atoms with Crippen LogP contribution >= 0.6 is 0 Å². The van der Waals surface area contributed by atoms with Gasteiger partial charge in [-0.2, -0.15) is 0 Å².